The van der Waals surface area contributed by atoms with Crippen molar-refractivity contribution >= 4 is 0 Å². The van der Waals surface area contributed by atoms with Gasteiger partial charge in [0.05, 0.1) is 12.2 Å². The normalized spacial score (nSPS) is 23.0. The van der Waals surface area contributed by atoms with Crippen LogP contribution >= 0.6 is 0 Å². The molecule has 0 aromatic carbocycles. The van der Waals surface area contributed by atoms with Gasteiger partial charge in [-0.05, 0) is 59.2 Å². The topological polar surface area (TPSA) is 48.3 Å². The van der Waals surface area contributed by atoms with E-state index in [0.29, 0.717) is 6.10 Å². The molecule has 0 aromatic heterocycles. The van der Waals surface area contributed by atoms with Gasteiger partial charge >= 0.3 is 0 Å². The number of hydrogen-bond acceptors (Lipinski definition) is 4. The summed E-state index contributed by atoms with van der Waals surface area (Å²) >= 11 is 0. The van der Waals surface area contributed by atoms with Gasteiger partial charge in [-0.2, -0.15) is 5.26 Å². The first-order chi connectivity index (χ1) is 9.09. The van der Waals surface area contributed by atoms with E-state index in [1.54, 1.807) is 0 Å². The van der Waals surface area contributed by atoms with E-state index in [4.69, 9.17) is 4.74 Å². The molecule has 1 aliphatic heterocycles. The van der Waals surface area contributed by atoms with Crippen molar-refractivity contribution in [3.63, 3.8) is 0 Å². The molecule has 1 aliphatic rings. The van der Waals surface area contributed by atoms with Gasteiger partial charge in [0, 0.05) is 13.2 Å². The van der Waals surface area contributed by atoms with Gasteiger partial charge in [-0.1, -0.05) is 6.92 Å². The number of nitrogens with one attached hydrogen (secondary N) is 1. The van der Waals surface area contributed by atoms with Crippen LogP contribution < -0.4 is 5.32 Å². The van der Waals surface area contributed by atoms with Crippen molar-refractivity contribution in [1.29, 1.82) is 5.26 Å². The number of hydrogen-bond donors (Lipinski definition) is 1. The Bertz CT molecular complexity index is 284. The van der Waals surface area contributed by atoms with Crippen molar-refractivity contribution in [3.05, 3.63) is 0 Å². The smallest absolute Gasteiger partial charge is 0.103 e. The zero-order valence-corrected chi connectivity index (χ0v) is 12.7. The Morgan fingerprint density at radius 3 is 2.84 bits per heavy atom. The molecule has 0 bridgehead atoms. The van der Waals surface area contributed by atoms with Crippen LogP contribution in [0.3, 0.4) is 0 Å². The second-order valence-corrected chi connectivity index (χ2v) is 5.83. The highest BCUT2D eigenvalue weighted by Gasteiger charge is 2.22. The zero-order chi connectivity index (χ0) is 14.1. The first kappa shape index (κ1) is 16.4. The third-order valence-electron chi connectivity index (χ3n) is 3.82. The lowest BCUT2D eigenvalue weighted by Gasteiger charge is -2.28. The van der Waals surface area contributed by atoms with Crippen LogP contribution in [0.5, 0.6) is 0 Å². The molecule has 4 nitrogen and oxygen atoms in total. The van der Waals surface area contributed by atoms with E-state index in [2.05, 4.69) is 23.3 Å². The molecule has 0 aromatic rings. The predicted molar refractivity (Wildman–Crippen MR) is 78.0 cm³/mol. The lowest BCUT2D eigenvalue weighted by molar-refractivity contribution is -0.00172. The summed E-state index contributed by atoms with van der Waals surface area (Å²) in [6.07, 6.45) is 6.05. The number of ether oxygens (including phenoxy) is 1. The average molecular weight is 267 g/mol. The van der Waals surface area contributed by atoms with Crippen molar-refractivity contribution in [3.8, 4) is 6.07 Å². The fraction of sp³-hybridized carbons (Fsp3) is 0.933. The van der Waals surface area contributed by atoms with Crippen LogP contribution in [0.15, 0.2) is 0 Å². The molecule has 2 unspecified atom stereocenters. The summed E-state index contributed by atoms with van der Waals surface area (Å²) in [6, 6.07) is 2.38. The van der Waals surface area contributed by atoms with Gasteiger partial charge in [-0.25, -0.2) is 0 Å². The molecule has 1 rings (SSSR count). The SMILES string of the molecule is CCNC(C)(C#N)CCCN(C)CC1CCCCO1. The first-order valence-corrected chi connectivity index (χ1v) is 7.56. The maximum atomic E-state index is 9.20. The van der Waals surface area contributed by atoms with Crippen LogP contribution in [0.1, 0.15) is 46.0 Å². The van der Waals surface area contributed by atoms with Crippen LogP contribution in [-0.4, -0.2) is 49.8 Å². The summed E-state index contributed by atoms with van der Waals surface area (Å²) in [5.74, 6) is 0. The Kier molecular flexibility index (Phi) is 7.37. The number of nitriles is 1. The van der Waals surface area contributed by atoms with Gasteiger partial charge < -0.3 is 9.64 Å². The van der Waals surface area contributed by atoms with Crippen molar-refractivity contribution in [1.82, 2.24) is 10.2 Å². The summed E-state index contributed by atoms with van der Waals surface area (Å²) < 4.78 is 5.75. The molecule has 19 heavy (non-hydrogen) atoms. The maximum absolute atomic E-state index is 9.20. The largest absolute Gasteiger partial charge is 0.377 e. The molecule has 0 amide bonds. The molecule has 4 heteroatoms. The quantitative estimate of drug-likeness (QED) is 0.732. The summed E-state index contributed by atoms with van der Waals surface area (Å²) in [4.78, 5) is 2.33. The molecular formula is C15H29N3O. The van der Waals surface area contributed by atoms with E-state index in [9.17, 15) is 5.26 Å². The van der Waals surface area contributed by atoms with E-state index in [1.807, 2.05) is 13.8 Å². The minimum absolute atomic E-state index is 0.378. The number of likely N-dealkylation sites (N-methyl/N-ethyl adjacent to an activating group) is 1. The highest BCUT2D eigenvalue weighted by Crippen LogP contribution is 2.15. The van der Waals surface area contributed by atoms with Gasteiger partial charge in [-0.3, -0.25) is 5.32 Å². The van der Waals surface area contributed by atoms with Gasteiger partial charge in [0.1, 0.15) is 5.54 Å². The number of nitrogens with zero attached hydrogens (tertiary/aromatic N) is 2. The predicted octanol–water partition coefficient (Wildman–Crippen LogP) is 2.16. The zero-order valence-electron chi connectivity index (χ0n) is 12.7. The lowest BCUT2D eigenvalue weighted by atomic mass is 9.97. The van der Waals surface area contributed by atoms with Gasteiger partial charge in [0.25, 0.3) is 0 Å². The summed E-state index contributed by atoms with van der Waals surface area (Å²) in [5, 5.41) is 12.5. The molecule has 1 fully saturated rings. The van der Waals surface area contributed by atoms with Crippen LogP contribution in [0, 0.1) is 11.3 Å². The van der Waals surface area contributed by atoms with Crippen molar-refractivity contribution in [2.45, 2.75) is 57.6 Å². The third-order valence-corrected chi connectivity index (χ3v) is 3.82. The van der Waals surface area contributed by atoms with Gasteiger partial charge in [-0.15, -0.1) is 0 Å². The molecule has 1 heterocycles. The van der Waals surface area contributed by atoms with Crippen LogP contribution in [0.4, 0.5) is 0 Å². The summed E-state index contributed by atoms with van der Waals surface area (Å²) in [7, 11) is 2.15. The molecule has 2 atom stereocenters. The minimum Gasteiger partial charge on any atom is -0.377 e. The fourth-order valence-corrected chi connectivity index (χ4v) is 2.67. The maximum Gasteiger partial charge on any atom is 0.103 e. The Balaban J connectivity index is 2.18. The van der Waals surface area contributed by atoms with Crippen LogP contribution in [-0.2, 0) is 4.74 Å². The lowest BCUT2D eigenvalue weighted by Crippen LogP contribution is -2.41. The van der Waals surface area contributed by atoms with Crippen molar-refractivity contribution < 1.29 is 4.74 Å². The van der Waals surface area contributed by atoms with E-state index in [0.717, 1.165) is 39.1 Å². The van der Waals surface area contributed by atoms with Gasteiger partial charge in [0.15, 0.2) is 0 Å². The second-order valence-electron chi connectivity index (χ2n) is 5.83. The molecule has 0 aliphatic carbocycles. The Hall–Kier alpha value is -0.630. The summed E-state index contributed by atoms with van der Waals surface area (Å²) in [5.41, 5.74) is -0.378. The Labute approximate surface area is 118 Å². The highest BCUT2D eigenvalue weighted by molar-refractivity contribution is 5.03. The third kappa shape index (κ3) is 6.38. The first-order valence-electron chi connectivity index (χ1n) is 7.56. The molecule has 0 spiro atoms. The average Bonchev–Trinajstić information content (AvgIpc) is 2.40. The van der Waals surface area contributed by atoms with E-state index < -0.39 is 0 Å². The van der Waals surface area contributed by atoms with Crippen molar-refractivity contribution in [2.75, 3.05) is 33.3 Å². The molecular weight excluding hydrogens is 238 g/mol. The molecule has 1 N–H and O–H groups in total. The minimum atomic E-state index is -0.378. The molecule has 110 valence electrons. The molecule has 0 radical (unpaired) electrons. The highest BCUT2D eigenvalue weighted by atomic mass is 16.5. The Morgan fingerprint density at radius 1 is 1.47 bits per heavy atom. The monoisotopic (exact) mass is 267 g/mol. The van der Waals surface area contributed by atoms with E-state index >= 15 is 0 Å². The molecule has 1 saturated heterocycles. The van der Waals surface area contributed by atoms with Crippen LogP contribution in [0.2, 0.25) is 0 Å². The second kappa shape index (κ2) is 8.52. The van der Waals surface area contributed by atoms with Crippen molar-refractivity contribution in [2.24, 2.45) is 0 Å². The van der Waals surface area contributed by atoms with Crippen LogP contribution in [0.25, 0.3) is 0 Å². The Morgan fingerprint density at radius 2 is 2.26 bits per heavy atom. The van der Waals surface area contributed by atoms with E-state index in [1.165, 1.54) is 19.3 Å². The van der Waals surface area contributed by atoms with E-state index in [-0.39, 0.29) is 5.54 Å². The molecule has 0 saturated carbocycles. The number of rotatable bonds is 8. The fourth-order valence-electron chi connectivity index (χ4n) is 2.67. The summed E-state index contributed by atoms with van der Waals surface area (Å²) in [6.45, 7) is 7.84. The van der Waals surface area contributed by atoms with Gasteiger partial charge in [0.2, 0.25) is 0 Å². The standard InChI is InChI=1S/C15H29N3O/c1-4-17-15(2,13-16)9-7-10-18(3)12-14-8-5-6-11-19-14/h14,17H,4-12H2,1-3H3.